The highest BCUT2D eigenvalue weighted by Crippen LogP contribution is 2.18. The van der Waals surface area contributed by atoms with Gasteiger partial charge in [-0.25, -0.2) is 0 Å². The quantitative estimate of drug-likeness (QED) is 0.324. The Kier molecular flexibility index (Phi) is 4.96. The molecule has 6 heteroatoms. The second-order valence-corrected chi connectivity index (χ2v) is 4.71. The van der Waals surface area contributed by atoms with Gasteiger partial charge >= 0.3 is 0 Å². The van der Waals surface area contributed by atoms with Crippen LogP contribution in [-0.4, -0.2) is 17.0 Å². The molecule has 1 rings (SSSR count). The Morgan fingerprint density at radius 1 is 1.71 bits per heavy atom. The maximum atomic E-state index is 11.9. The van der Waals surface area contributed by atoms with Gasteiger partial charge in [-0.2, -0.15) is 0 Å². The topological polar surface area (TPSA) is 87.7 Å². The molecule has 0 saturated heterocycles. The summed E-state index contributed by atoms with van der Waals surface area (Å²) in [7, 11) is 0. The molecule has 2 atom stereocenters. The molecule has 4 N–H and O–H groups in total. The Morgan fingerprint density at radius 2 is 2.41 bits per heavy atom. The third kappa shape index (κ3) is 3.45. The molecule has 2 unspecified atom stereocenters. The van der Waals surface area contributed by atoms with Crippen LogP contribution in [0.25, 0.3) is 0 Å². The Hall–Kier alpha value is -1.56. The lowest BCUT2D eigenvalue weighted by Gasteiger charge is -2.17. The second-order valence-electron chi connectivity index (χ2n) is 3.73. The zero-order chi connectivity index (χ0) is 12.8. The zero-order valence-electron chi connectivity index (χ0n) is 9.88. The van der Waals surface area contributed by atoms with Gasteiger partial charge in [-0.05, 0) is 24.8 Å². The molecular weight excluding hydrogens is 238 g/mol. The summed E-state index contributed by atoms with van der Waals surface area (Å²) in [6.45, 7) is 3.72. The van der Waals surface area contributed by atoms with E-state index in [9.17, 15) is 4.79 Å². The van der Waals surface area contributed by atoms with E-state index in [1.54, 1.807) is 11.3 Å². The minimum absolute atomic E-state index is 0.0524. The smallest absolute Gasteiger partial charge is 0.231 e. The highest BCUT2D eigenvalue weighted by Gasteiger charge is 2.22. The molecular formula is C11H17N3O2S. The summed E-state index contributed by atoms with van der Waals surface area (Å²) < 4.78 is 0. The Morgan fingerprint density at radius 3 is 2.88 bits per heavy atom. The van der Waals surface area contributed by atoms with Gasteiger partial charge in [0.05, 0.1) is 12.0 Å². The van der Waals surface area contributed by atoms with Crippen LogP contribution in [0.5, 0.6) is 0 Å². The summed E-state index contributed by atoms with van der Waals surface area (Å²) in [5.74, 6) is -0.852. The van der Waals surface area contributed by atoms with Crippen LogP contribution in [0.1, 0.15) is 31.2 Å². The number of amides is 1. The van der Waals surface area contributed by atoms with Crippen LogP contribution in [0.3, 0.4) is 0 Å². The number of hydrogen-bond acceptors (Lipinski definition) is 4. The van der Waals surface area contributed by atoms with Crippen molar-refractivity contribution in [2.24, 2.45) is 16.8 Å². The van der Waals surface area contributed by atoms with E-state index in [2.05, 4.69) is 10.5 Å². The first-order valence-corrected chi connectivity index (χ1v) is 6.29. The highest BCUT2D eigenvalue weighted by molar-refractivity contribution is 7.10. The number of carbonyl (C=O) groups is 1. The van der Waals surface area contributed by atoms with Gasteiger partial charge in [0.2, 0.25) is 5.91 Å². The van der Waals surface area contributed by atoms with Gasteiger partial charge in [0.1, 0.15) is 0 Å². The number of nitrogens with zero attached hydrogens (tertiary/aromatic N) is 1. The molecule has 5 nitrogen and oxygen atoms in total. The maximum Gasteiger partial charge on any atom is 0.231 e. The molecule has 17 heavy (non-hydrogen) atoms. The number of thiophene rings is 1. The molecule has 0 aliphatic heterocycles. The molecule has 0 fully saturated rings. The molecule has 0 aliphatic rings. The van der Waals surface area contributed by atoms with E-state index in [0.717, 1.165) is 4.88 Å². The summed E-state index contributed by atoms with van der Waals surface area (Å²) in [5, 5.41) is 16.3. The zero-order valence-corrected chi connectivity index (χ0v) is 10.7. The van der Waals surface area contributed by atoms with E-state index in [4.69, 9.17) is 10.9 Å². The third-order valence-electron chi connectivity index (χ3n) is 2.53. The fourth-order valence-corrected chi connectivity index (χ4v) is 2.26. The Balaban J connectivity index is 2.65. The number of carbonyl (C=O) groups excluding carboxylic acids is 1. The number of oxime groups is 1. The molecule has 0 aromatic carbocycles. The number of nitrogens with two attached hydrogens (primary N) is 1. The van der Waals surface area contributed by atoms with Crippen molar-refractivity contribution in [3.63, 3.8) is 0 Å². The SMILES string of the molecule is CCC(C(=O)NC(C)c1cccs1)C(N)=NO. The van der Waals surface area contributed by atoms with Crippen molar-refractivity contribution in [3.8, 4) is 0 Å². The van der Waals surface area contributed by atoms with Crippen molar-refractivity contribution in [1.82, 2.24) is 5.32 Å². The molecule has 1 aromatic heterocycles. The molecule has 94 valence electrons. The van der Waals surface area contributed by atoms with Gasteiger partial charge in [-0.1, -0.05) is 18.1 Å². The number of amidine groups is 1. The van der Waals surface area contributed by atoms with Crippen LogP contribution in [0.2, 0.25) is 0 Å². The van der Waals surface area contributed by atoms with E-state index < -0.39 is 5.92 Å². The highest BCUT2D eigenvalue weighted by atomic mass is 32.1. The molecule has 1 amide bonds. The minimum Gasteiger partial charge on any atom is -0.409 e. The van der Waals surface area contributed by atoms with Crippen LogP contribution < -0.4 is 11.1 Å². The van der Waals surface area contributed by atoms with E-state index in [-0.39, 0.29) is 17.8 Å². The first-order chi connectivity index (χ1) is 8.10. The second kappa shape index (κ2) is 6.24. The van der Waals surface area contributed by atoms with Crippen molar-refractivity contribution in [2.45, 2.75) is 26.3 Å². The van der Waals surface area contributed by atoms with Gasteiger partial charge < -0.3 is 16.3 Å². The normalized spacial score (nSPS) is 15.3. The van der Waals surface area contributed by atoms with Crippen LogP contribution in [-0.2, 0) is 4.79 Å². The number of hydrogen-bond donors (Lipinski definition) is 3. The van der Waals surface area contributed by atoms with Crippen LogP contribution in [0, 0.1) is 5.92 Å². The average Bonchev–Trinajstić information content (AvgIpc) is 2.83. The van der Waals surface area contributed by atoms with E-state index in [1.807, 2.05) is 31.4 Å². The molecule has 0 saturated carbocycles. The van der Waals surface area contributed by atoms with Crippen molar-refractivity contribution < 1.29 is 10.0 Å². The van der Waals surface area contributed by atoms with Gasteiger partial charge in [-0.3, -0.25) is 4.79 Å². The molecule has 1 heterocycles. The molecule has 0 aliphatic carbocycles. The summed E-state index contributed by atoms with van der Waals surface area (Å²) in [6, 6.07) is 3.83. The predicted octanol–water partition coefficient (Wildman–Crippen LogP) is 1.70. The van der Waals surface area contributed by atoms with E-state index >= 15 is 0 Å². The summed E-state index contributed by atoms with van der Waals surface area (Å²) in [4.78, 5) is 13.0. The fraction of sp³-hybridized carbons (Fsp3) is 0.455. The summed E-state index contributed by atoms with van der Waals surface area (Å²) in [6.07, 6.45) is 0.499. The average molecular weight is 255 g/mol. The molecule has 1 aromatic rings. The summed E-state index contributed by atoms with van der Waals surface area (Å²) >= 11 is 1.58. The Labute approximate surface area is 104 Å². The largest absolute Gasteiger partial charge is 0.409 e. The fourth-order valence-electron chi connectivity index (χ4n) is 1.52. The third-order valence-corrected chi connectivity index (χ3v) is 3.58. The van der Waals surface area contributed by atoms with Crippen LogP contribution in [0.15, 0.2) is 22.7 Å². The lowest BCUT2D eigenvalue weighted by atomic mass is 10.0. The van der Waals surface area contributed by atoms with Gasteiger partial charge in [0.25, 0.3) is 0 Å². The van der Waals surface area contributed by atoms with Crippen molar-refractivity contribution in [3.05, 3.63) is 22.4 Å². The minimum atomic E-state index is -0.581. The predicted molar refractivity (Wildman–Crippen MR) is 68.1 cm³/mol. The standard InChI is InChI=1S/C11H17N3O2S/c1-3-8(10(12)14-16)11(15)13-7(2)9-5-4-6-17-9/h4-8,16H,3H2,1-2H3,(H2,12,14)(H,13,15). The van der Waals surface area contributed by atoms with Crippen LogP contribution >= 0.6 is 11.3 Å². The van der Waals surface area contributed by atoms with Gasteiger partial charge in [0.15, 0.2) is 5.84 Å². The lowest BCUT2D eigenvalue weighted by Crippen LogP contribution is -2.39. The first kappa shape index (κ1) is 13.5. The maximum absolute atomic E-state index is 11.9. The Bertz CT molecular complexity index is 389. The number of rotatable bonds is 5. The van der Waals surface area contributed by atoms with Crippen molar-refractivity contribution in [2.75, 3.05) is 0 Å². The van der Waals surface area contributed by atoms with Crippen LogP contribution in [0.4, 0.5) is 0 Å². The van der Waals surface area contributed by atoms with Crippen molar-refractivity contribution in [1.29, 1.82) is 0 Å². The van der Waals surface area contributed by atoms with Gasteiger partial charge in [-0.15, -0.1) is 11.3 Å². The molecule has 0 spiro atoms. The van der Waals surface area contributed by atoms with Gasteiger partial charge in [0, 0.05) is 4.88 Å². The van der Waals surface area contributed by atoms with Crippen molar-refractivity contribution >= 4 is 23.1 Å². The van der Waals surface area contributed by atoms with E-state index in [1.165, 1.54) is 0 Å². The molecule has 0 radical (unpaired) electrons. The van der Waals surface area contributed by atoms with E-state index in [0.29, 0.717) is 6.42 Å². The first-order valence-electron chi connectivity index (χ1n) is 5.41. The lowest BCUT2D eigenvalue weighted by molar-refractivity contribution is -0.123. The monoisotopic (exact) mass is 255 g/mol. The summed E-state index contributed by atoms with van der Waals surface area (Å²) in [5.41, 5.74) is 5.46. The number of nitrogens with one attached hydrogen (secondary N) is 1. The molecule has 0 bridgehead atoms.